The Morgan fingerprint density at radius 2 is 2.47 bits per heavy atom. The third-order valence-electron chi connectivity index (χ3n) is 2.45. The lowest BCUT2D eigenvalue weighted by Crippen LogP contribution is -2.49. The van der Waals surface area contributed by atoms with Gasteiger partial charge in [0.2, 0.25) is 5.76 Å². The number of hydrogen-bond acceptors (Lipinski definition) is 5. The standard InChI is InChI=1S/C10H13NO4/c1-14-10(13)9-7(2-3-15-9)4-11-5-8(12)6-11/h2-3,8,12H,4-6H2,1H3. The number of esters is 1. The molecule has 1 aliphatic rings. The van der Waals surface area contributed by atoms with Crippen LogP contribution in [0.25, 0.3) is 0 Å². The molecule has 1 saturated heterocycles. The minimum absolute atomic E-state index is 0.238. The number of hydrogen-bond donors (Lipinski definition) is 1. The Labute approximate surface area is 87.2 Å². The van der Waals surface area contributed by atoms with Gasteiger partial charge in [0, 0.05) is 25.2 Å². The molecule has 0 aliphatic carbocycles. The summed E-state index contributed by atoms with van der Waals surface area (Å²) in [6, 6.07) is 1.75. The molecule has 82 valence electrons. The van der Waals surface area contributed by atoms with Gasteiger partial charge in [-0.2, -0.15) is 0 Å². The molecule has 0 amide bonds. The second-order valence-corrected chi connectivity index (χ2v) is 3.61. The lowest BCUT2D eigenvalue weighted by Gasteiger charge is -2.35. The van der Waals surface area contributed by atoms with E-state index in [9.17, 15) is 4.79 Å². The number of carbonyl (C=O) groups is 1. The molecule has 2 heterocycles. The van der Waals surface area contributed by atoms with Crippen LogP contribution in [0.5, 0.6) is 0 Å². The van der Waals surface area contributed by atoms with Gasteiger partial charge < -0.3 is 14.3 Å². The molecule has 0 saturated carbocycles. The van der Waals surface area contributed by atoms with Gasteiger partial charge in [-0.3, -0.25) is 4.90 Å². The fourth-order valence-corrected chi connectivity index (χ4v) is 1.64. The largest absolute Gasteiger partial charge is 0.463 e. The van der Waals surface area contributed by atoms with E-state index in [0.29, 0.717) is 19.6 Å². The molecule has 0 radical (unpaired) electrons. The zero-order valence-electron chi connectivity index (χ0n) is 8.47. The number of ether oxygens (including phenoxy) is 1. The summed E-state index contributed by atoms with van der Waals surface area (Å²) in [5.74, 6) is -0.213. The van der Waals surface area contributed by atoms with E-state index in [2.05, 4.69) is 4.74 Å². The maximum Gasteiger partial charge on any atom is 0.374 e. The fraction of sp³-hybridized carbons (Fsp3) is 0.500. The Hall–Kier alpha value is -1.33. The summed E-state index contributed by atoms with van der Waals surface area (Å²) in [4.78, 5) is 13.3. The van der Waals surface area contributed by atoms with Crippen LogP contribution in [0.15, 0.2) is 16.7 Å². The Balaban J connectivity index is 2.02. The van der Waals surface area contributed by atoms with Crippen molar-refractivity contribution in [1.29, 1.82) is 0 Å². The molecule has 0 unspecified atom stereocenters. The summed E-state index contributed by atoms with van der Waals surface area (Å²) < 4.78 is 9.64. The predicted molar refractivity (Wildman–Crippen MR) is 51.3 cm³/mol. The van der Waals surface area contributed by atoms with E-state index >= 15 is 0 Å². The maximum atomic E-state index is 11.3. The number of nitrogens with zero attached hydrogens (tertiary/aromatic N) is 1. The first-order valence-corrected chi connectivity index (χ1v) is 4.76. The van der Waals surface area contributed by atoms with Crippen LogP contribution in [0.4, 0.5) is 0 Å². The van der Waals surface area contributed by atoms with Crippen LogP contribution in [0.3, 0.4) is 0 Å². The predicted octanol–water partition coefficient (Wildman–Crippen LogP) is 0.243. The molecule has 1 aliphatic heterocycles. The van der Waals surface area contributed by atoms with E-state index < -0.39 is 5.97 Å². The third kappa shape index (κ3) is 2.03. The zero-order chi connectivity index (χ0) is 10.8. The average molecular weight is 211 g/mol. The summed E-state index contributed by atoms with van der Waals surface area (Å²) in [6.07, 6.45) is 1.23. The van der Waals surface area contributed by atoms with Crippen molar-refractivity contribution >= 4 is 5.97 Å². The molecule has 0 spiro atoms. The number of β-amino-alcohol motifs (C(OH)–C–C–N with tert-alkyl or cyclic N) is 1. The molecular weight excluding hydrogens is 198 g/mol. The summed E-state index contributed by atoms with van der Waals surface area (Å²) in [7, 11) is 1.32. The van der Waals surface area contributed by atoms with Crippen molar-refractivity contribution in [2.45, 2.75) is 12.6 Å². The van der Waals surface area contributed by atoms with Crippen LogP contribution in [-0.2, 0) is 11.3 Å². The van der Waals surface area contributed by atoms with E-state index in [1.54, 1.807) is 6.07 Å². The van der Waals surface area contributed by atoms with Gasteiger partial charge in [0.15, 0.2) is 0 Å². The second-order valence-electron chi connectivity index (χ2n) is 3.61. The van der Waals surface area contributed by atoms with Crippen LogP contribution in [-0.4, -0.2) is 42.3 Å². The SMILES string of the molecule is COC(=O)c1occc1CN1CC(O)C1. The highest BCUT2D eigenvalue weighted by Crippen LogP contribution is 2.18. The van der Waals surface area contributed by atoms with Crippen LogP contribution in [0.1, 0.15) is 16.1 Å². The maximum absolute atomic E-state index is 11.3. The molecule has 0 bridgehead atoms. The number of aliphatic hydroxyl groups is 1. The summed E-state index contributed by atoms with van der Waals surface area (Å²) >= 11 is 0. The van der Waals surface area contributed by atoms with E-state index in [4.69, 9.17) is 9.52 Å². The molecule has 5 heteroatoms. The third-order valence-corrected chi connectivity index (χ3v) is 2.45. The second kappa shape index (κ2) is 4.04. The smallest absolute Gasteiger partial charge is 0.374 e. The molecule has 15 heavy (non-hydrogen) atoms. The van der Waals surface area contributed by atoms with Crippen molar-refractivity contribution in [3.63, 3.8) is 0 Å². The Morgan fingerprint density at radius 3 is 3.07 bits per heavy atom. The van der Waals surface area contributed by atoms with E-state index in [1.807, 2.05) is 4.90 Å². The van der Waals surface area contributed by atoms with Gasteiger partial charge in [-0.05, 0) is 6.07 Å². The van der Waals surface area contributed by atoms with Crippen molar-refractivity contribution in [2.24, 2.45) is 0 Å². The Morgan fingerprint density at radius 1 is 1.73 bits per heavy atom. The zero-order valence-corrected chi connectivity index (χ0v) is 8.47. The highest BCUT2D eigenvalue weighted by molar-refractivity contribution is 5.87. The molecule has 2 rings (SSSR count). The average Bonchev–Trinajstić information content (AvgIpc) is 2.62. The quantitative estimate of drug-likeness (QED) is 0.726. The van der Waals surface area contributed by atoms with Crippen molar-refractivity contribution in [3.8, 4) is 0 Å². The molecule has 1 aromatic rings. The first-order chi connectivity index (χ1) is 7.20. The molecule has 0 atom stereocenters. The highest BCUT2D eigenvalue weighted by atomic mass is 16.5. The van der Waals surface area contributed by atoms with Crippen LogP contribution >= 0.6 is 0 Å². The van der Waals surface area contributed by atoms with Gasteiger partial charge in [-0.1, -0.05) is 0 Å². The summed E-state index contributed by atoms with van der Waals surface area (Å²) in [5, 5.41) is 9.11. The van der Waals surface area contributed by atoms with Gasteiger partial charge in [-0.25, -0.2) is 4.79 Å². The summed E-state index contributed by atoms with van der Waals surface area (Å²) in [6.45, 7) is 1.90. The molecule has 1 aromatic heterocycles. The fourth-order valence-electron chi connectivity index (χ4n) is 1.64. The summed E-state index contributed by atoms with van der Waals surface area (Å²) in [5.41, 5.74) is 0.800. The minimum atomic E-state index is -0.462. The molecular formula is C10H13NO4. The number of furan rings is 1. The van der Waals surface area contributed by atoms with Gasteiger partial charge in [0.1, 0.15) is 0 Å². The molecule has 1 fully saturated rings. The number of rotatable bonds is 3. The van der Waals surface area contributed by atoms with E-state index in [1.165, 1.54) is 13.4 Å². The van der Waals surface area contributed by atoms with Gasteiger partial charge in [0.25, 0.3) is 0 Å². The van der Waals surface area contributed by atoms with Crippen LogP contribution < -0.4 is 0 Å². The molecule has 5 nitrogen and oxygen atoms in total. The minimum Gasteiger partial charge on any atom is -0.463 e. The highest BCUT2D eigenvalue weighted by Gasteiger charge is 2.26. The molecule has 1 N–H and O–H groups in total. The normalized spacial score (nSPS) is 17.5. The topological polar surface area (TPSA) is 62.9 Å². The number of methoxy groups -OCH3 is 1. The van der Waals surface area contributed by atoms with Crippen LogP contribution in [0, 0.1) is 0 Å². The Bertz CT molecular complexity index is 354. The van der Waals surface area contributed by atoms with Gasteiger partial charge in [-0.15, -0.1) is 0 Å². The van der Waals surface area contributed by atoms with Crippen molar-refractivity contribution in [1.82, 2.24) is 4.90 Å². The first kappa shape index (κ1) is 10.2. The monoisotopic (exact) mass is 211 g/mol. The van der Waals surface area contributed by atoms with Gasteiger partial charge in [0.05, 0.1) is 19.5 Å². The van der Waals surface area contributed by atoms with Crippen molar-refractivity contribution < 1.29 is 19.1 Å². The lowest BCUT2D eigenvalue weighted by atomic mass is 10.1. The number of aliphatic hydroxyl groups excluding tert-OH is 1. The van der Waals surface area contributed by atoms with E-state index in [0.717, 1.165) is 5.56 Å². The molecule has 0 aromatic carbocycles. The van der Waals surface area contributed by atoms with Crippen molar-refractivity contribution in [3.05, 3.63) is 23.7 Å². The lowest BCUT2D eigenvalue weighted by molar-refractivity contribution is -0.00323. The Kier molecular flexibility index (Phi) is 2.75. The van der Waals surface area contributed by atoms with Gasteiger partial charge >= 0.3 is 5.97 Å². The number of likely N-dealkylation sites (tertiary alicyclic amines) is 1. The van der Waals surface area contributed by atoms with Crippen molar-refractivity contribution in [2.75, 3.05) is 20.2 Å². The van der Waals surface area contributed by atoms with E-state index in [-0.39, 0.29) is 11.9 Å². The first-order valence-electron chi connectivity index (χ1n) is 4.76. The van der Waals surface area contributed by atoms with Crippen LogP contribution in [0.2, 0.25) is 0 Å². The number of carbonyl (C=O) groups excluding carboxylic acids is 1.